The van der Waals surface area contributed by atoms with E-state index in [-0.39, 0.29) is 19.3 Å². The van der Waals surface area contributed by atoms with E-state index in [1.165, 1.54) is 0 Å². The molecule has 0 aromatic heterocycles. The lowest BCUT2D eigenvalue weighted by atomic mass is 10.1. The summed E-state index contributed by atoms with van der Waals surface area (Å²) in [7, 11) is 0. The smallest absolute Gasteiger partial charge is 0.148 e. The van der Waals surface area contributed by atoms with Crippen LogP contribution in [-0.4, -0.2) is 46.5 Å². The summed E-state index contributed by atoms with van der Waals surface area (Å²) in [6.45, 7) is -0.288. The summed E-state index contributed by atoms with van der Waals surface area (Å²) in [5.41, 5.74) is 7.89. The average molecular weight is 189 g/mol. The Morgan fingerprint density at radius 2 is 2.00 bits per heavy atom. The van der Waals surface area contributed by atoms with Crippen LogP contribution in [0.1, 0.15) is 6.42 Å². The summed E-state index contributed by atoms with van der Waals surface area (Å²) >= 11 is 0. The van der Waals surface area contributed by atoms with E-state index >= 15 is 0 Å². The number of aldehydes is 1. The van der Waals surface area contributed by atoms with Gasteiger partial charge in [-0.15, -0.1) is 0 Å². The van der Waals surface area contributed by atoms with Gasteiger partial charge in [0.1, 0.15) is 12.4 Å². The van der Waals surface area contributed by atoms with Crippen LogP contribution in [0.25, 0.3) is 10.4 Å². The Kier molecular flexibility index (Phi) is 5.82. The quantitative estimate of drug-likeness (QED) is 0.213. The van der Waals surface area contributed by atoms with E-state index in [1.54, 1.807) is 0 Å². The molecule has 0 aliphatic heterocycles. The molecule has 0 amide bonds. The molecule has 0 spiro atoms. The third kappa shape index (κ3) is 5.15. The van der Waals surface area contributed by atoms with Crippen molar-refractivity contribution < 1.29 is 20.1 Å². The molecule has 0 radical (unpaired) electrons. The fourth-order valence-corrected chi connectivity index (χ4v) is 0.702. The molecule has 0 aliphatic rings. The SMILES string of the molecule is [N-]=[N+]=NC[C@@H](O)[C@H](O)C[C@@H](O)C=O. The molecule has 0 unspecified atom stereocenters. The van der Waals surface area contributed by atoms with Gasteiger partial charge < -0.3 is 20.1 Å². The number of azide groups is 1. The average Bonchev–Trinajstić information content (AvgIpc) is 2.13. The minimum atomic E-state index is -1.31. The number of aliphatic hydroxyl groups is 3. The van der Waals surface area contributed by atoms with Gasteiger partial charge in [0.25, 0.3) is 0 Å². The Labute approximate surface area is 74.2 Å². The lowest BCUT2D eigenvalue weighted by Crippen LogP contribution is -2.32. The highest BCUT2D eigenvalue weighted by Gasteiger charge is 2.18. The second kappa shape index (κ2) is 6.38. The van der Waals surface area contributed by atoms with Gasteiger partial charge in [0, 0.05) is 11.3 Å². The van der Waals surface area contributed by atoms with Crippen molar-refractivity contribution in [3.8, 4) is 0 Å². The van der Waals surface area contributed by atoms with E-state index in [4.69, 9.17) is 20.9 Å². The molecule has 7 heteroatoms. The van der Waals surface area contributed by atoms with Crippen LogP contribution in [0.2, 0.25) is 0 Å². The largest absolute Gasteiger partial charge is 0.390 e. The Morgan fingerprint density at radius 1 is 1.38 bits per heavy atom. The summed E-state index contributed by atoms with van der Waals surface area (Å²) < 4.78 is 0. The number of carbonyl (C=O) groups excluding carboxylic acids is 1. The maximum absolute atomic E-state index is 9.95. The van der Waals surface area contributed by atoms with E-state index in [0.29, 0.717) is 0 Å². The molecule has 0 aromatic carbocycles. The summed E-state index contributed by atoms with van der Waals surface area (Å²) in [4.78, 5) is 12.3. The number of aliphatic hydroxyl groups excluding tert-OH is 3. The number of rotatable bonds is 6. The van der Waals surface area contributed by atoms with Crippen LogP contribution >= 0.6 is 0 Å². The van der Waals surface area contributed by atoms with Gasteiger partial charge in [-0.25, -0.2) is 0 Å². The minimum Gasteiger partial charge on any atom is -0.390 e. The Balaban J connectivity index is 3.87. The normalized spacial score (nSPS) is 16.8. The summed E-state index contributed by atoms with van der Waals surface area (Å²) in [5, 5.41) is 29.9. The summed E-state index contributed by atoms with van der Waals surface area (Å²) in [6.07, 6.45) is -3.86. The maximum atomic E-state index is 9.95. The molecule has 13 heavy (non-hydrogen) atoms. The zero-order valence-corrected chi connectivity index (χ0v) is 6.82. The van der Waals surface area contributed by atoms with E-state index in [0.717, 1.165) is 0 Å². The Bertz CT molecular complexity index is 204. The van der Waals surface area contributed by atoms with Crippen LogP contribution < -0.4 is 0 Å². The molecular weight excluding hydrogens is 178 g/mol. The van der Waals surface area contributed by atoms with Crippen molar-refractivity contribution in [3.63, 3.8) is 0 Å². The maximum Gasteiger partial charge on any atom is 0.148 e. The molecule has 0 fully saturated rings. The summed E-state index contributed by atoms with van der Waals surface area (Å²) in [5.74, 6) is 0. The van der Waals surface area contributed by atoms with Crippen molar-refractivity contribution in [2.24, 2.45) is 5.11 Å². The standard InChI is InChI=1S/C6H11N3O4/c7-9-8-2-6(13)5(12)1-4(11)3-10/h3-6,11-13H,1-2H2/t4-,5-,6-/m1/s1. The van der Waals surface area contributed by atoms with Crippen molar-refractivity contribution in [2.45, 2.75) is 24.7 Å². The molecule has 0 bridgehead atoms. The van der Waals surface area contributed by atoms with Crippen LogP contribution in [-0.2, 0) is 4.79 Å². The molecule has 3 N–H and O–H groups in total. The van der Waals surface area contributed by atoms with Gasteiger partial charge >= 0.3 is 0 Å². The van der Waals surface area contributed by atoms with E-state index in [1.807, 2.05) is 0 Å². The second-order valence-corrected chi connectivity index (χ2v) is 2.49. The van der Waals surface area contributed by atoms with Crippen molar-refractivity contribution in [2.75, 3.05) is 6.54 Å². The molecular formula is C6H11N3O4. The van der Waals surface area contributed by atoms with Crippen LogP contribution in [0.15, 0.2) is 5.11 Å². The molecule has 0 saturated heterocycles. The predicted octanol–water partition coefficient (Wildman–Crippen LogP) is -1.03. The lowest BCUT2D eigenvalue weighted by molar-refractivity contribution is -0.117. The van der Waals surface area contributed by atoms with E-state index < -0.39 is 18.3 Å². The number of hydrogen-bond acceptors (Lipinski definition) is 5. The number of nitrogens with zero attached hydrogens (tertiary/aromatic N) is 3. The Hall–Kier alpha value is -1.14. The lowest BCUT2D eigenvalue weighted by Gasteiger charge is -2.16. The third-order valence-corrected chi connectivity index (χ3v) is 1.42. The molecule has 0 rings (SSSR count). The molecule has 3 atom stereocenters. The fraction of sp³-hybridized carbons (Fsp3) is 0.833. The van der Waals surface area contributed by atoms with Crippen LogP contribution in [0.3, 0.4) is 0 Å². The minimum absolute atomic E-state index is 0.253. The van der Waals surface area contributed by atoms with Gasteiger partial charge in [0.15, 0.2) is 0 Å². The van der Waals surface area contributed by atoms with E-state index in [2.05, 4.69) is 10.0 Å². The van der Waals surface area contributed by atoms with Gasteiger partial charge in [0.05, 0.1) is 18.8 Å². The Morgan fingerprint density at radius 3 is 2.46 bits per heavy atom. The molecule has 0 saturated carbocycles. The first kappa shape index (κ1) is 11.9. The second-order valence-electron chi connectivity index (χ2n) is 2.49. The fourth-order valence-electron chi connectivity index (χ4n) is 0.702. The van der Waals surface area contributed by atoms with Gasteiger partial charge in [-0.1, -0.05) is 5.11 Å². The van der Waals surface area contributed by atoms with Gasteiger partial charge in [-0.05, 0) is 5.53 Å². The molecule has 0 aromatic rings. The predicted molar refractivity (Wildman–Crippen MR) is 42.7 cm³/mol. The first-order valence-electron chi connectivity index (χ1n) is 3.62. The topological polar surface area (TPSA) is 127 Å². The zero-order valence-electron chi connectivity index (χ0n) is 6.82. The van der Waals surface area contributed by atoms with Gasteiger partial charge in [-0.3, -0.25) is 0 Å². The highest BCUT2D eigenvalue weighted by Crippen LogP contribution is 2.02. The monoisotopic (exact) mass is 189 g/mol. The van der Waals surface area contributed by atoms with E-state index in [9.17, 15) is 4.79 Å². The van der Waals surface area contributed by atoms with Crippen LogP contribution in [0, 0.1) is 0 Å². The van der Waals surface area contributed by atoms with Crippen molar-refractivity contribution >= 4 is 6.29 Å². The number of hydrogen-bond donors (Lipinski definition) is 3. The van der Waals surface area contributed by atoms with Crippen LogP contribution in [0.5, 0.6) is 0 Å². The first-order valence-corrected chi connectivity index (χ1v) is 3.62. The summed E-state index contributed by atoms with van der Waals surface area (Å²) in [6, 6.07) is 0. The highest BCUT2D eigenvalue weighted by molar-refractivity contribution is 5.55. The van der Waals surface area contributed by atoms with Crippen LogP contribution in [0.4, 0.5) is 0 Å². The first-order chi connectivity index (χ1) is 6.11. The van der Waals surface area contributed by atoms with Gasteiger partial charge in [-0.2, -0.15) is 0 Å². The zero-order chi connectivity index (χ0) is 10.3. The van der Waals surface area contributed by atoms with Crippen molar-refractivity contribution in [1.29, 1.82) is 0 Å². The van der Waals surface area contributed by atoms with Crippen molar-refractivity contribution in [1.82, 2.24) is 0 Å². The molecule has 74 valence electrons. The third-order valence-electron chi connectivity index (χ3n) is 1.42. The van der Waals surface area contributed by atoms with Gasteiger partial charge in [0.2, 0.25) is 0 Å². The molecule has 7 nitrogen and oxygen atoms in total. The number of carbonyl (C=O) groups is 1. The molecule has 0 heterocycles. The highest BCUT2D eigenvalue weighted by atomic mass is 16.3. The van der Waals surface area contributed by atoms with Crippen molar-refractivity contribution in [3.05, 3.63) is 10.4 Å². The molecule has 0 aliphatic carbocycles.